The van der Waals surface area contributed by atoms with Crippen LogP contribution in [0.15, 0.2) is 0 Å². The van der Waals surface area contributed by atoms with Crippen LogP contribution in [0, 0.1) is 0 Å². The molecule has 0 aromatic heterocycles. The molecule has 164 valence electrons. The summed E-state index contributed by atoms with van der Waals surface area (Å²) >= 11 is 0. The lowest BCUT2D eigenvalue weighted by Crippen LogP contribution is -2.54. The highest BCUT2D eigenvalue weighted by molar-refractivity contribution is 5.85. The smallest absolute Gasteiger partial charge is 0.364 e. The number of piperazine rings is 1. The third-order valence-corrected chi connectivity index (χ3v) is 5.63. The van der Waals surface area contributed by atoms with E-state index in [1.54, 1.807) is 5.06 Å². The highest BCUT2D eigenvalue weighted by Crippen LogP contribution is 2.21. The third-order valence-electron chi connectivity index (χ3n) is 5.63. The van der Waals surface area contributed by atoms with E-state index < -0.39 is 12.2 Å². The van der Waals surface area contributed by atoms with Crippen LogP contribution < -0.4 is 10.6 Å². The molecule has 0 bridgehead atoms. The Kier molecular flexibility index (Phi) is 12.3. The Morgan fingerprint density at radius 3 is 2.25 bits per heavy atom. The average molecular weight is 441 g/mol. The summed E-state index contributed by atoms with van der Waals surface area (Å²) in [4.78, 5) is 31.3. The summed E-state index contributed by atoms with van der Waals surface area (Å²) in [6, 6.07) is 0.633. The number of ether oxygens (including phenoxy) is 1. The Morgan fingerprint density at radius 1 is 1.00 bits per heavy atom. The predicted octanol–water partition coefficient (Wildman–Crippen LogP) is 1.08. The van der Waals surface area contributed by atoms with E-state index in [2.05, 4.69) is 15.5 Å². The maximum atomic E-state index is 12.4. The van der Waals surface area contributed by atoms with Crippen molar-refractivity contribution in [2.24, 2.45) is 0 Å². The Morgan fingerprint density at radius 2 is 1.64 bits per heavy atom. The molecule has 28 heavy (non-hydrogen) atoms. The number of nitrogens with zero attached hydrogens (tertiary/aromatic N) is 2. The van der Waals surface area contributed by atoms with E-state index in [4.69, 9.17) is 9.57 Å². The van der Waals surface area contributed by atoms with Gasteiger partial charge in [0.25, 0.3) is 0 Å². The minimum absolute atomic E-state index is 0. The molecule has 3 rings (SSSR count). The summed E-state index contributed by atoms with van der Waals surface area (Å²) in [6.07, 6.45) is 7.14. The van der Waals surface area contributed by atoms with Crippen LogP contribution in [-0.4, -0.2) is 80.0 Å². The lowest BCUT2D eigenvalue weighted by Gasteiger charge is -2.40. The zero-order chi connectivity index (χ0) is 18.2. The molecule has 0 radical (unpaired) electrons. The van der Waals surface area contributed by atoms with Gasteiger partial charge in [-0.2, -0.15) is 0 Å². The molecule has 10 heteroatoms. The van der Waals surface area contributed by atoms with Gasteiger partial charge in [-0.1, -0.05) is 19.3 Å². The second-order valence-corrected chi connectivity index (χ2v) is 7.42. The van der Waals surface area contributed by atoms with Gasteiger partial charge in [-0.05, 0) is 38.8 Å². The first-order chi connectivity index (χ1) is 12.8. The van der Waals surface area contributed by atoms with E-state index in [1.165, 1.54) is 19.3 Å². The highest BCUT2D eigenvalue weighted by Gasteiger charge is 2.30. The van der Waals surface area contributed by atoms with Gasteiger partial charge < -0.3 is 20.2 Å². The Labute approximate surface area is 179 Å². The fourth-order valence-electron chi connectivity index (χ4n) is 4.13. The summed E-state index contributed by atoms with van der Waals surface area (Å²) in [5.74, 6) is -0.530. The molecule has 1 unspecified atom stereocenters. The summed E-state index contributed by atoms with van der Waals surface area (Å²) in [7, 11) is 0. The lowest BCUT2D eigenvalue weighted by molar-refractivity contribution is -0.215. The molecule has 1 saturated carbocycles. The number of piperidine rings is 1. The molecule has 8 nitrogen and oxygen atoms in total. The van der Waals surface area contributed by atoms with Gasteiger partial charge in [-0.15, -0.1) is 29.9 Å². The van der Waals surface area contributed by atoms with Crippen LogP contribution in [0.2, 0.25) is 0 Å². The third kappa shape index (κ3) is 7.65. The first kappa shape index (κ1) is 25.4. The summed E-state index contributed by atoms with van der Waals surface area (Å²) in [5, 5.41) is 7.55. The van der Waals surface area contributed by atoms with Crippen molar-refractivity contribution in [1.29, 1.82) is 0 Å². The number of nitrogens with one attached hydrogen (secondary N) is 2. The number of carbonyl (C=O) groups is 2. The van der Waals surface area contributed by atoms with Crippen molar-refractivity contribution >= 4 is 37.2 Å². The molecular formula is C18H34Cl2N4O4. The van der Waals surface area contributed by atoms with Gasteiger partial charge in [0.2, 0.25) is 12.6 Å². The molecule has 1 aliphatic carbocycles. The fourth-order valence-corrected chi connectivity index (χ4v) is 4.13. The second-order valence-electron chi connectivity index (χ2n) is 7.42. The minimum Gasteiger partial charge on any atom is -0.364 e. The van der Waals surface area contributed by atoms with E-state index in [-0.39, 0.29) is 30.9 Å². The zero-order valence-corrected chi connectivity index (χ0v) is 18.0. The van der Waals surface area contributed by atoms with Gasteiger partial charge in [0.1, 0.15) is 0 Å². The van der Waals surface area contributed by atoms with Crippen LogP contribution in [-0.2, 0) is 19.2 Å². The molecule has 2 aliphatic heterocycles. The van der Waals surface area contributed by atoms with Crippen LogP contribution in [0.4, 0.5) is 0 Å². The van der Waals surface area contributed by atoms with Crippen molar-refractivity contribution < 1.29 is 19.2 Å². The van der Waals surface area contributed by atoms with Gasteiger partial charge in [0.15, 0.2) is 0 Å². The van der Waals surface area contributed by atoms with Crippen LogP contribution in [0.3, 0.4) is 0 Å². The molecule has 1 atom stereocenters. The molecule has 2 saturated heterocycles. The number of halogens is 2. The molecular weight excluding hydrogens is 407 g/mol. The van der Waals surface area contributed by atoms with Crippen molar-refractivity contribution in [3.8, 4) is 0 Å². The van der Waals surface area contributed by atoms with Crippen molar-refractivity contribution in [3.05, 3.63) is 0 Å². The molecule has 1 amide bonds. The first-order valence-corrected chi connectivity index (χ1v) is 10.0. The van der Waals surface area contributed by atoms with Crippen LogP contribution in [0.1, 0.15) is 44.9 Å². The Hall–Kier alpha value is -0.640. The molecule has 3 fully saturated rings. The number of hydrogen-bond donors (Lipinski definition) is 2. The minimum atomic E-state index is -1.02. The van der Waals surface area contributed by atoms with Crippen LogP contribution in [0.25, 0.3) is 0 Å². The maximum absolute atomic E-state index is 12.4. The van der Waals surface area contributed by atoms with Crippen molar-refractivity contribution in [2.75, 3.05) is 39.3 Å². The van der Waals surface area contributed by atoms with Gasteiger partial charge in [0.05, 0.1) is 6.10 Å². The molecule has 3 aliphatic rings. The zero-order valence-electron chi connectivity index (χ0n) is 16.3. The van der Waals surface area contributed by atoms with Gasteiger partial charge in [0, 0.05) is 32.2 Å². The Balaban J connectivity index is 0.00000196. The van der Waals surface area contributed by atoms with Crippen molar-refractivity contribution in [2.45, 2.75) is 63.3 Å². The molecule has 0 aromatic carbocycles. The van der Waals surface area contributed by atoms with E-state index in [0.717, 1.165) is 51.9 Å². The van der Waals surface area contributed by atoms with Crippen molar-refractivity contribution in [1.82, 2.24) is 20.6 Å². The quantitative estimate of drug-likeness (QED) is 0.452. The van der Waals surface area contributed by atoms with Gasteiger partial charge in [-0.25, -0.2) is 4.79 Å². The van der Waals surface area contributed by atoms with E-state index >= 15 is 0 Å². The van der Waals surface area contributed by atoms with Gasteiger partial charge >= 0.3 is 5.97 Å². The second kappa shape index (κ2) is 13.6. The number of hydroxylamine groups is 2. The SMILES string of the molecule is Cl.Cl.O=CNC(OC1CCCCC1)C(=O)ON1CCN(C2CCNCC2)CC1. The molecule has 0 spiro atoms. The standard InChI is InChI=1S/C18H32N4O4.2ClH/c23-14-20-17(25-16-4-2-1-3-5-16)18(24)26-22-12-10-21(11-13-22)15-6-8-19-9-7-15;;/h14-17,19H,1-13H2,(H,20,23);2*1H. The predicted molar refractivity (Wildman–Crippen MR) is 111 cm³/mol. The molecule has 2 N–H and O–H groups in total. The van der Waals surface area contributed by atoms with Gasteiger partial charge in [-0.3, -0.25) is 9.69 Å². The maximum Gasteiger partial charge on any atom is 0.375 e. The fraction of sp³-hybridized carbons (Fsp3) is 0.889. The largest absolute Gasteiger partial charge is 0.375 e. The number of amides is 1. The topological polar surface area (TPSA) is 83.1 Å². The molecule has 2 heterocycles. The number of rotatable bonds is 7. The number of carbonyl (C=O) groups excluding carboxylic acids is 2. The summed E-state index contributed by atoms with van der Waals surface area (Å²) in [5.41, 5.74) is 0. The first-order valence-electron chi connectivity index (χ1n) is 10.0. The van der Waals surface area contributed by atoms with Crippen LogP contribution >= 0.6 is 24.8 Å². The van der Waals surface area contributed by atoms with E-state index in [1.807, 2.05) is 0 Å². The van der Waals surface area contributed by atoms with E-state index in [0.29, 0.717) is 25.5 Å². The molecule has 0 aromatic rings. The Bertz CT molecular complexity index is 455. The van der Waals surface area contributed by atoms with Crippen molar-refractivity contribution in [3.63, 3.8) is 0 Å². The van der Waals surface area contributed by atoms with E-state index in [9.17, 15) is 9.59 Å². The lowest BCUT2D eigenvalue weighted by atomic mass is 9.98. The summed E-state index contributed by atoms with van der Waals surface area (Å²) < 4.78 is 5.79. The highest BCUT2D eigenvalue weighted by atomic mass is 35.5. The average Bonchev–Trinajstić information content (AvgIpc) is 2.70. The van der Waals surface area contributed by atoms with Crippen LogP contribution in [0.5, 0.6) is 0 Å². The normalized spacial score (nSPS) is 23.7. The summed E-state index contributed by atoms with van der Waals surface area (Å²) in [6.45, 7) is 5.33. The monoisotopic (exact) mass is 440 g/mol. The number of hydrogen-bond acceptors (Lipinski definition) is 7.